The molecule has 2 amide bonds. The number of methoxy groups -OCH3 is 1. The highest BCUT2D eigenvalue weighted by molar-refractivity contribution is 7.98. The van der Waals surface area contributed by atoms with Crippen LogP contribution in [0.15, 0.2) is 24.3 Å². The lowest BCUT2D eigenvalue weighted by molar-refractivity contribution is -0.154. The number of amides is 2. The van der Waals surface area contributed by atoms with Crippen LogP contribution in [0.4, 0.5) is 0 Å². The zero-order valence-electron chi connectivity index (χ0n) is 15.4. The van der Waals surface area contributed by atoms with Crippen LogP contribution in [-0.2, 0) is 19.1 Å². The molecule has 1 aromatic rings. The molecule has 1 N–H and O–H groups in total. The van der Waals surface area contributed by atoms with Gasteiger partial charge in [-0.2, -0.15) is 11.8 Å². The zero-order valence-corrected chi connectivity index (χ0v) is 16.3. The van der Waals surface area contributed by atoms with Crippen molar-refractivity contribution in [3.8, 4) is 0 Å². The number of aryl methyl sites for hydroxylation is 1. The van der Waals surface area contributed by atoms with E-state index >= 15 is 0 Å². The maximum atomic E-state index is 12.9. The lowest BCUT2D eigenvalue weighted by Gasteiger charge is -2.32. The van der Waals surface area contributed by atoms with Gasteiger partial charge in [0.2, 0.25) is 11.8 Å². The zero-order chi connectivity index (χ0) is 19.1. The van der Waals surface area contributed by atoms with Crippen molar-refractivity contribution in [2.75, 3.05) is 26.2 Å². The number of hydrogen-bond acceptors (Lipinski definition) is 6. The molecular formula is C19H24N2O4S. The Labute approximate surface area is 157 Å². The van der Waals surface area contributed by atoms with Crippen molar-refractivity contribution < 1.29 is 19.1 Å². The first-order valence-electron chi connectivity index (χ1n) is 8.61. The van der Waals surface area contributed by atoms with E-state index in [1.165, 1.54) is 14.2 Å². The summed E-state index contributed by atoms with van der Waals surface area (Å²) < 4.78 is 5.08. The Bertz CT molecular complexity index is 753. The molecule has 26 heavy (non-hydrogen) atoms. The first-order valence-corrected chi connectivity index (χ1v) is 10.0. The number of nitrogens with zero attached hydrogens (tertiary/aromatic N) is 1. The largest absolute Gasteiger partial charge is 0.468 e. The lowest BCUT2D eigenvalue weighted by Crippen LogP contribution is -2.56. The summed E-state index contributed by atoms with van der Waals surface area (Å²) >= 11 is 1.59. The first-order chi connectivity index (χ1) is 12.4. The molecule has 0 aliphatic carbocycles. The number of likely N-dealkylation sites (tertiary alicyclic amines) is 1. The number of nitrogens with one attached hydrogen (secondary N) is 1. The number of hydrogen-bond donors (Lipinski definition) is 1. The molecule has 0 radical (unpaired) electrons. The van der Waals surface area contributed by atoms with Crippen molar-refractivity contribution in [1.29, 1.82) is 0 Å². The van der Waals surface area contributed by atoms with E-state index < -0.39 is 29.4 Å². The minimum absolute atomic E-state index is 0.240. The number of fused-ring (bicyclic) bond motifs is 1. The third kappa shape index (κ3) is 2.65. The van der Waals surface area contributed by atoms with Gasteiger partial charge in [-0.05, 0) is 36.5 Å². The molecule has 4 atom stereocenters. The van der Waals surface area contributed by atoms with Crippen LogP contribution in [0.5, 0.6) is 0 Å². The van der Waals surface area contributed by atoms with Crippen molar-refractivity contribution in [1.82, 2.24) is 10.2 Å². The topological polar surface area (TPSA) is 75.7 Å². The van der Waals surface area contributed by atoms with Gasteiger partial charge in [0.1, 0.15) is 5.54 Å². The van der Waals surface area contributed by atoms with E-state index in [1.54, 1.807) is 11.8 Å². The van der Waals surface area contributed by atoms with Crippen LogP contribution < -0.4 is 5.32 Å². The van der Waals surface area contributed by atoms with E-state index in [9.17, 15) is 14.4 Å². The predicted molar refractivity (Wildman–Crippen MR) is 99.6 cm³/mol. The Balaban J connectivity index is 2.15. The average molecular weight is 376 g/mol. The fourth-order valence-electron chi connectivity index (χ4n) is 4.31. The Morgan fingerprint density at radius 1 is 1.31 bits per heavy atom. The lowest BCUT2D eigenvalue weighted by atomic mass is 9.77. The third-order valence-corrected chi connectivity index (χ3v) is 6.26. The van der Waals surface area contributed by atoms with E-state index in [1.807, 2.05) is 37.4 Å². The van der Waals surface area contributed by atoms with E-state index in [0.717, 1.165) is 16.0 Å². The van der Waals surface area contributed by atoms with Gasteiger partial charge in [-0.1, -0.05) is 24.3 Å². The summed E-state index contributed by atoms with van der Waals surface area (Å²) in [4.78, 5) is 39.8. The van der Waals surface area contributed by atoms with Crippen molar-refractivity contribution in [3.63, 3.8) is 0 Å². The monoisotopic (exact) mass is 376 g/mol. The van der Waals surface area contributed by atoms with Crippen LogP contribution in [0.25, 0.3) is 0 Å². The molecule has 2 heterocycles. The maximum absolute atomic E-state index is 12.9. The Morgan fingerprint density at radius 3 is 2.62 bits per heavy atom. The summed E-state index contributed by atoms with van der Waals surface area (Å²) in [6.45, 7) is 1.97. The van der Waals surface area contributed by atoms with Gasteiger partial charge in [0, 0.05) is 13.1 Å². The standard InChI is InChI=1S/C19H24N2O4S/c1-11-7-5-6-8-12(11)15-13-14(17(23)21(2)16(13)22)19(20-15,9-10-26-4)18(24)25-3/h5-8,13-15,20H,9-10H2,1-4H3/t13-,14-,15+,19+/m0/s1. The first kappa shape index (κ1) is 18.9. The average Bonchev–Trinajstić information content (AvgIpc) is 3.10. The predicted octanol–water partition coefficient (Wildman–Crippen LogP) is 1.54. The highest BCUT2D eigenvalue weighted by atomic mass is 32.2. The van der Waals surface area contributed by atoms with Gasteiger partial charge in [-0.15, -0.1) is 0 Å². The number of carbonyl (C=O) groups is 3. The number of benzene rings is 1. The van der Waals surface area contributed by atoms with Gasteiger partial charge in [0.15, 0.2) is 0 Å². The van der Waals surface area contributed by atoms with Crippen LogP contribution >= 0.6 is 11.8 Å². The van der Waals surface area contributed by atoms with Gasteiger partial charge < -0.3 is 4.74 Å². The van der Waals surface area contributed by atoms with Crippen molar-refractivity contribution >= 4 is 29.5 Å². The molecule has 0 bridgehead atoms. The number of rotatable bonds is 5. The van der Waals surface area contributed by atoms with Gasteiger partial charge in [-0.3, -0.25) is 24.6 Å². The van der Waals surface area contributed by atoms with E-state index in [4.69, 9.17) is 4.74 Å². The molecule has 140 valence electrons. The Hall–Kier alpha value is -1.86. The molecule has 2 aliphatic heterocycles. The molecule has 3 rings (SSSR count). The molecule has 0 saturated carbocycles. The number of thioether (sulfide) groups is 1. The smallest absolute Gasteiger partial charge is 0.326 e. The second kappa shape index (κ2) is 7.04. The van der Waals surface area contributed by atoms with Gasteiger partial charge >= 0.3 is 5.97 Å². The normalized spacial score (nSPS) is 30.6. The van der Waals surface area contributed by atoms with Crippen molar-refractivity contribution in [3.05, 3.63) is 35.4 Å². The maximum Gasteiger partial charge on any atom is 0.326 e. The SMILES string of the molecule is COC(=O)[C@]1(CCSC)N[C@H](c2ccccc2C)[C@H]2C(=O)N(C)C(=O)[C@H]21. The molecule has 2 saturated heterocycles. The van der Waals surface area contributed by atoms with E-state index in [2.05, 4.69) is 5.32 Å². The minimum atomic E-state index is -1.19. The second-order valence-electron chi connectivity index (χ2n) is 6.92. The highest BCUT2D eigenvalue weighted by Crippen LogP contribution is 2.50. The summed E-state index contributed by atoms with van der Waals surface area (Å²) in [6, 6.07) is 7.35. The van der Waals surface area contributed by atoms with Gasteiger partial charge in [-0.25, -0.2) is 0 Å². The molecule has 1 aromatic carbocycles. The molecule has 6 nitrogen and oxygen atoms in total. The number of imide groups is 1. The molecule has 7 heteroatoms. The number of esters is 1. The molecule has 0 spiro atoms. The van der Waals surface area contributed by atoms with Crippen LogP contribution in [0.1, 0.15) is 23.6 Å². The molecular weight excluding hydrogens is 352 g/mol. The number of ether oxygens (including phenoxy) is 1. The Morgan fingerprint density at radius 2 is 2.00 bits per heavy atom. The summed E-state index contributed by atoms with van der Waals surface area (Å²) in [5, 5.41) is 3.37. The summed E-state index contributed by atoms with van der Waals surface area (Å²) in [7, 11) is 2.82. The summed E-state index contributed by atoms with van der Waals surface area (Å²) in [6.07, 6.45) is 2.38. The van der Waals surface area contributed by atoms with E-state index in [0.29, 0.717) is 12.2 Å². The minimum Gasteiger partial charge on any atom is -0.468 e. The quantitative estimate of drug-likeness (QED) is 0.621. The van der Waals surface area contributed by atoms with Gasteiger partial charge in [0.25, 0.3) is 0 Å². The third-order valence-electron chi connectivity index (χ3n) is 5.65. The van der Waals surface area contributed by atoms with Crippen LogP contribution in [-0.4, -0.2) is 54.4 Å². The van der Waals surface area contributed by atoms with Crippen LogP contribution in [0, 0.1) is 18.8 Å². The van der Waals surface area contributed by atoms with Crippen LogP contribution in [0.3, 0.4) is 0 Å². The Kier molecular flexibility index (Phi) is 5.12. The summed E-state index contributed by atoms with van der Waals surface area (Å²) in [5.41, 5.74) is 0.769. The second-order valence-corrected chi connectivity index (χ2v) is 7.91. The summed E-state index contributed by atoms with van der Waals surface area (Å²) in [5.74, 6) is -1.70. The fraction of sp³-hybridized carbons (Fsp3) is 0.526. The fourth-order valence-corrected chi connectivity index (χ4v) is 4.84. The molecule has 0 unspecified atom stereocenters. The number of carbonyl (C=O) groups excluding carboxylic acids is 3. The van der Waals surface area contributed by atoms with Crippen molar-refractivity contribution in [2.24, 2.45) is 11.8 Å². The van der Waals surface area contributed by atoms with Crippen molar-refractivity contribution in [2.45, 2.75) is 24.9 Å². The molecule has 0 aromatic heterocycles. The van der Waals surface area contributed by atoms with E-state index in [-0.39, 0.29) is 11.8 Å². The van der Waals surface area contributed by atoms with Gasteiger partial charge in [0.05, 0.1) is 18.9 Å². The molecule has 2 fully saturated rings. The van der Waals surface area contributed by atoms with Crippen LogP contribution in [0.2, 0.25) is 0 Å². The molecule has 2 aliphatic rings. The highest BCUT2D eigenvalue weighted by Gasteiger charge is 2.67.